The zero-order valence-electron chi connectivity index (χ0n) is 25.7. The number of hydrogen-bond acceptors (Lipinski definition) is 10. The second-order valence-corrected chi connectivity index (χ2v) is 9.06. The molecule has 1 aliphatic rings. The molecule has 2 unspecified atom stereocenters. The van der Waals surface area contributed by atoms with Gasteiger partial charge in [-0.25, -0.2) is 0 Å². The van der Waals surface area contributed by atoms with Crippen molar-refractivity contribution < 1.29 is 57.7 Å². The fourth-order valence-electron chi connectivity index (χ4n) is 4.24. The molecule has 0 saturated carbocycles. The molecule has 42 heavy (non-hydrogen) atoms. The Morgan fingerprint density at radius 2 is 1.17 bits per heavy atom. The van der Waals surface area contributed by atoms with E-state index in [0.717, 1.165) is 36.8 Å². The Hall–Kier alpha value is -1.16. The van der Waals surface area contributed by atoms with Gasteiger partial charge in [-0.2, -0.15) is 19.2 Å². The maximum atomic E-state index is 12.1. The van der Waals surface area contributed by atoms with Crippen LogP contribution in [0.3, 0.4) is 0 Å². The standard InChI is InChI=1S/C14H24O2.C12H20O2.2CO2.CH4.H4P2.Ru.S2/c1-7-14(9-11(3)4,10-12(5)6)13(15)16-8-2;1-5-12(11(13)14-6-2)7-9(3)10(4)8-12;2*2-1-3;;1-2;;1-2/h3,5,7-10H2,1-2,4,6H3;5-8H2,1-4H3;;;1H4;1-2H2;;. The van der Waals surface area contributed by atoms with Crippen molar-refractivity contribution in [1.29, 1.82) is 0 Å². The molecule has 2 atom stereocenters. The maximum Gasteiger partial charge on any atom is 0.373 e. The molecule has 0 aromatic rings. The van der Waals surface area contributed by atoms with Crippen LogP contribution in [0.15, 0.2) is 35.5 Å². The predicted molar refractivity (Wildman–Crippen MR) is 176 cm³/mol. The summed E-state index contributed by atoms with van der Waals surface area (Å²) in [5.41, 5.74) is 4.03. The first-order valence-electron chi connectivity index (χ1n) is 12.5. The first-order valence-corrected chi connectivity index (χ1v) is 16.5. The summed E-state index contributed by atoms with van der Waals surface area (Å²) in [7, 11) is 4.67. The van der Waals surface area contributed by atoms with Gasteiger partial charge in [-0.3, -0.25) is 9.59 Å². The van der Waals surface area contributed by atoms with E-state index in [1.54, 1.807) is 0 Å². The molecule has 0 aromatic carbocycles. The minimum atomic E-state index is -0.465. The van der Waals surface area contributed by atoms with Gasteiger partial charge in [0, 0.05) is 41.9 Å². The molecule has 13 heteroatoms. The summed E-state index contributed by atoms with van der Waals surface area (Å²) in [6.45, 7) is 24.6. The Kier molecular flexibility index (Phi) is 48.6. The first-order chi connectivity index (χ1) is 18.8. The molecule has 0 aliphatic heterocycles. The van der Waals surface area contributed by atoms with Crippen LogP contribution in [0.1, 0.15) is 101 Å². The van der Waals surface area contributed by atoms with E-state index in [-0.39, 0.29) is 56.6 Å². The average Bonchev–Trinajstić information content (AvgIpc) is 3.21. The Labute approximate surface area is 281 Å². The largest absolute Gasteiger partial charge is 0.466 e. The van der Waals surface area contributed by atoms with Crippen LogP contribution in [-0.4, -0.2) is 37.5 Å². The smallest absolute Gasteiger partial charge is 0.373 e. The number of rotatable bonds is 10. The Morgan fingerprint density at radius 3 is 1.38 bits per heavy atom. The maximum absolute atomic E-state index is 12.1. The van der Waals surface area contributed by atoms with Gasteiger partial charge < -0.3 is 9.47 Å². The van der Waals surface area contributed by atoms with E-state index in [4.69, 9.17) is 28.7 Å². The van der Waals surface area contributed by atoms with Crippen LogP contribution in [-0.2, 0) is 80.1 Å². The summed E-state index contributed by atoms with van der Waals surface area (Å²) in [5.74, 6) is -0.137. The predicted octanol–water partition coefficient (Wildman–Crippen LogP) is 7.07. The molecule has 0 amide bonds. The van der Waals surface area contributed by atoms with Crippen molar-refractivity contribution in [1.82, 2.24) is 0 Å². The SMILES string of the molecule is C.C=C(C)CC(CC)(CC(=C)C)C(=O)OCC.CCOC(=O)C1(CC)CC(C)=C(C)C1.O=C=O.O=C=O.PP.S=S.[Ru]. The molecular weight excluding hydrogens is 703 g/mol. The fourth-order valence-corrected chi connectivity index (χ4v) is 4.24. The average molecular weight is 756 g/mol. The van der Waals surface area contributed by atoms with Gasteiger partial charge in [-0.05, 0) is 80.1 Å². The van der Waals surface area contributed by atoms with Crippen LogP contribution in [0.5, 0.6) is 0 Å². The molecule has 0 aromatic heterocycles. The van der Waals surface area contributed by atoms with Crippen LogP contribution in [0, 0.1) is 10.8 Å². The monoisotopic (exact) mass is 756 g/mol. The molecule has 1 rings (SSSR count). The van der Waals surface area contributed by atoms with Crippen molar-refractivity contribution in [2.24, 2.45) is 10.8 Å². The third-order valence-corrected chi connectivity index (χ3v) is 5.99. The number of esters is 2. The molecule has 0 bridgehead atoms. The van der Waals surface area contributed by atoms with E-state index in [0.29, 0.717) is 26.1 Å². The number of allylic oxidation sites excluding steroid dienone is 4. The topological polar surface area (TPSA) is 121 Å². The Morgan fingerprint density at radius 1 is 0.857 bits per heavy atom. The molecule has 1 aliphatic carbocycles. The molecule has 0 spiro atoms. The van der Waals surface area contributed by atoms with Gasteiger partial charge in [0.1, 0.15) is 0 Å². The molecule has 0 saturated heterocycles. The van der Waals surface area contributed by atoms with Gasteiger partial charge in [0.2, 0.25) is 0 Å². The third-order valence-electron chi connectivity index (χ3n) is 5.99. The minimum absolute atomic E-state index is 0. The van der Waals surface area contributed by atoms with Crippen molar-refractivity contribution in [2.45, 2.75) is 101 Å². The van der Waals surface area contributed by atoms with E-state index in [2.05, 4.69) is 74.2 Å². The molecule has 0 fully saturated rings. The zero-order valence-corrected chi connectivity index (χ0v) is 31.3. The second-order valence-electron chi connectivity index (χ2n) is 9.06. The first kappa shape index (κ1) is 56.6. The molecule has 0 heterocycles. The Bertz CT molecular complexity index is 826. The van der Waals surface area contributed by atoms with Crippen molar-refractivity contribution in [3.8, 4) is 0 Å². The van der Waals surface area contributed by atoms with E-state index < -0.39 is 5.41 Å². The van der Waals surface area contributed by atoms with E-state index in [1.807, 2.05) is 34.6 Å². The van der Waals surface area contributed by atoms with Crippen LogP contribution in [0.2, 0.25) is 0 Å². The van der Waals surface area contributed by atoms with Gasteiger partial charge in [0.25, 0.3) is 0 Å². The van der Waals surface area contributed by atoms with Gasteiger partial charge in [0.05, 0.1) is 24.0 Å². The summed E-state index contributed by atoms with van der Waals surface area (Å²) in [6.07, 6.45) is 5.25. The molecule has 0 N–H and O–H groups in total. The zero-order chi connectivity index (χ0) is 32.9. The van der Waals surface area contributed by atoms with Crippen LogP contribution in [0.4, 0.5) is 0 Å². The van der Waals surface area contributed by atoms with Crippen molar-refractivity contribution in [2.75, 3.05) is 13.2 Å². The molecule has 8 nitrogen and oxygen atoms in total. The number of carbonyl (C=O) groups is 2. The van der Waals surface area contributed by atoms with Gasteiger partial charge in [-0.1, -0.05) is 43.6 Å². The molecular formula is C29H52O8P2RuS2. The van der Waals surface area contributed by atoms with Crippen molar-refractivity contribution in [3.05, 3.63) is 35.5 Å². The van der Waals surface area contributed by atoms with Gasteiger partial charge >= 0.3 is 24.2 Å². The van der Waals surface area contributed by atoms with E-state index >= 15 is 0 Å². The van der Waals surface area contributed by atoms with Crippen LogP contribution >= 0.6 is 17.9 Å². The summed E-state index contributed by atoms with van der Waals surface area (Å²) in [5, 5.41) is 0. The number of carbonyl (C=O) groups excluding carboxylic acids is 6. The van der Waals surface area contributed by atoms with Gasteiger partial charge in [0.15, 0.2) is 0 Å². The molecule has 246 valence electrons. The van der Waals surface area contributed by atoms with Crippen molar-refractivity contribution in [3.63, 3.8) is 0 Å². The normalized spacial score (nSPS) is 11.5. The van der Waals surface area contributed by atoms with Gasteiger partial charge in [-0.15, -0.1) is 31.0 Å². The molecule has 0 radical (unpaired) electrons. The number of hydrogen-bond donors (Lipinski definition) is 0. The summed E-state index contributed by atoms with van der Waals surface area (Å²) in [6, 6.07) is 0. The summed E-state index contributed by atoms with van der Waals surface area (Å²) < 4.78 is 10.3. The van der Waals surface area contributed by atoms with Crippen LogP contribution < -0.4 is 0 Å². The number of ether oxygens (including phenoxy) is 2. The fraction of sp³-hybridized carbons (Fsp3) is 0.655. The Balaban J connectivity index is -0.0000000861. The van der Waals surface area contributed by atoms with Crippen molar-refractivity contribution >= 4 is 64.5 Å². The summed E-state index contributed by atoms with van der Waals surface area (Å²) >= 11 is 7.33. The summed E-state index contributed by atoms with van der Waals surface area (Å²) in [4.78, 5) is 56.4. The van der Waals surface area contributed by atoms with E-state index in [9.17, 15) is 9.59 Å². The minimum Gasteiger partial charge on any atom is -0.466 e. The van der Waals surface area contributed by atoms with Crippen LogP contribution in [0.25, 0.3) is 0 Å². The third kappa shape index (κ3) is 25.4. The van der Waals surface area contributed by atoms with E-state index in [1.165, 1.54) is 11.1 Å². The quantitative estimate of drug-likeness (QED) is 0.0992. The second kappa shape index (κ2) is 36.0.